The standard InChI is InChI=1S/C27H21ClN6O3/c1-13-11-20(34-25(15-7-8-15)31-23-17(28)9-10-29-26(23)34)30-18-12-36-19-6-4-3-5-16(19)22(21(13)18)14(2)24-32-27(35)37-33-24/h3-6,9-11,15H,7-8,12H2,1-2H3,(H,32,33,35). The molecule has 1 aliphatic carbocycles. The summed E-state index contributed by atoms with van der Waals surface area (Å²) in [5, 5.41) is 4.51. The summed E-state index contributed by atoms with van der Waals surface area (Å²) in [7, 11) is 0. The Morgan fingerprint density at radius 1 is 1.19 bits per heavy atom. The molecule has 1 saturated carbocycles. The summed E-state index contributed by atoms with van der Waals surface area (Å²) >= 11 is 6.49. The van der Waals surface area contributed by atoms with Gasteiger partial charge in [0.05, 0.1) is 10.7 Å². The third kappa shape index (κ3) is 3.49. The first-order valence-electron chi connectivity index (χ1n) is 12.0. The molecule has 9 nitrogen and oxygen atoms in total. The number of allylic oxidation sites excluding steroid dienone is 1. The minimum atomic E-state index is -0.607. The summed E-state index contributed by atoms with van der Waals surface area (Å²) in [6, 6.07) is 11.6. The third-order valence-electron chi connectivity index (χ3n) is 6.91. The monoisotopic (exact) mass is 512 g/mol. The fraction of sp³-hybridized carbons (Fsp3) is 0.222. The molecule has 184 valence electrons. The van der Waals surface area contributed by atoms with Crippen molar-refractivity contribution in [3.05, 3.63) is 92.2 Å². The number of nitrogens with one attached hydrogen (secondary N) is 1. The first-order chi connectivity index (χ1) is 18.0. The zero-order chi connectivity index (χ0) is 25.3. The molecule has 1 aromatic carbocycles. The average molecular weight is 513 g/mol. The zero-order valence-corrected chi connectivity index (χ0v) is 20.8. The van der Waals surface area contributed by atoms with Crippen LogP contribution in [0.5, 0.6) is 5.75 Å². The van der Waals surface area contributed by atoms with Crippen molar-refractivity contribution in [2.24, 2.45) is 0 Å². The van der Waals surface area contributed by atoms with Gasteiger partial charge in [0, 0.05) is 34.4 Å². The van der Waals surface area contributed by atoms with Crippen LogP contribution in [0, 0.1) is 6.92 Å². The van der Waals surface area contributed by atoms with E-state index in [1.165, 1.54) is 0 Å². The fourth-order valence-corrected chi connectivity index (χ4v) is 5.24. The number of fused-ring (bicyclic) bond motifs is 3. The van der Waals surface area contributed by atoms with Crippen LogP contribution in [0.1, 0.15) is 59.7 Å². The Kier molecular flexibility index (Phi) is 4.84. The van der Waals surface area contributed by atoms with Crippen LogP contribution >= 0.6 is 11.6 Å². The summed E-state index contributed by atoms with van der Waals surface area (Å²) < 4.78 is 13.1. The predicted octanol–water partition coefficient (Wildman–Crippen LogP) is 5.20. The van der Waals surface area contributed by atoms with Crippen LogP contribution in [0.4, 0.5) is 0 Å². The predicted molar refractivity (Wildman–Crippen MR) is 138 cm³/mol. The van der Waals surface area contributed by atoms with E-state index in [-0.39, 0.29) is 6.61 Å². The van der Waals surface area contributed by atoms with Gasteiger partial charge < -0.3 is 4.74 Å². The summed E-state index contributed by atoms with van der Waals surface area (Å²) in [4.78, 5) is 29.0. The van der Waals surface area contributed by atoms with Crippen molar-refractivity contribution in [2.75, 3.05) is 0 Å². The molecule has 1 fully saturated rings. The van der Waals surface area contributed by atoms with E-state index < -0.39 is 5.76 Å². The number of rotatable bonds is 3. The Morgan fingerprint density at radius 3 is 2.81 bits per heavy atom. The van der Waals surface area contributed by atoms with Crippen LogP contribution in [0.25, 0.3) is 28.1 Å². The van der Waals surface area contributed by atoms with Gasteiger partial charge in [0.25, 0.3) is 0 Å². The number of nitrogens with zero attached hydrogens (tertiary/aromatic N) is 5. The van der Waals surface area contributed by atoms with Crippen LogP contribution in [-0.2, 0) is 6.61 Å². The van der Waals surface area contributed by atoms with Gasteiger partial charge >= 0.3 is 5.76 Å². The Hall–Kier alpha value is -4.24. The van der Waals surface area contributed by atoms with Gasteiger partial charge in [-0.1, -0.05) is 35.0 Å². The maximum absolute atomic E-state index is 11.7. The van der Waals surface area contributed by atoms with Gasteiger partial charge in [-0.15, -0.1) is 0 Å². The smallest absolute Gasteiger partial charge is 0.439 e. The summed E-state index contributed by atoms with van der Waals surface area (Å²) in [5.74, 6) is 2.48. The highest BCUT2D eigenvalue weighted by Gasteiger charge is 2.32. The Morgan fingerprint density at radius 2 is 2.03 bits per heavy atom. The van der Waals surface area contributed by atoms with Gasteiger partial charge in [0.2, 0.25) is 0 Å². The minimum absolute atomic E-state index is 0.271. The maximum Gasteiger partial charge on any atom is 0.439 e. The van der Waals surface area contributed by atoms with Gasteiger partial charge in [-0.25, -0.2) is 19.7 Å². The van der Waals surface area contributed by atoms with Crippen molar-refractivity contribution < 1.29 is 9.26 Å². The second kappa shape index (κ2) is 8.14. The largest absolute Gasteiger partial charge is 0.487 e. The molecule has 0 spiro atoms. The van der Waals surface area contributed by atoms with Crippen LogP contribution in [0.2, 0.25) is 5.02 Å². The first-order valence-corrected chi connectivity index (χ1v) is 12.4. The average Bonchev–Trinajstić information content (AvgIpc) is 3.56. The van der Waals surface area contributed by atoms with E-state index in [4.69, 9.17) is 30.8 Å². The quantitative estimate of drug-likeness (QED) is 0.353. The number of para-hydroxylation sites is 1. The number of benzene rings is 1. The van der Waals surface area contributed by atoms with Crippen molar-refractivity contribution in [1.82, 2.24) is 29.7 Å². The molecular weight excluding hydrogens is 492 g/mol. The van der Waals surface area contributed by atoms with Gasteiger partial charge in [0.15, 0.2) is 11.5 Å². The summed E-state index contributed by atoms with van der Waals surface area (Å²) in [5.41, 5.74) is 6.56. The van der Waals surface area contributed by atoms with E-state index in [1.807, 2.05) is 48.7 Å². The number of hydrogen-bond donors (Lipinski definition) is 1. The maximum atomic E-state index is 11.7. The number of hydrogen-bond acceptors (Lipinski definition) is 7. The lowest BCUT2D eigenvalue weighted by atomic mass is 9.89. The number of ether oxygens (including phenoxy) is 1. The summed E-state index contributed by atoms with van der Waals surface area (Å²) in [6.45, 7) is 4.22. The topological polar surface area (TPSA) is 112 Å². The molecule has 0 bridgehead atoms. The minimum Gasteiger partial charge on any atom is -0.487 e. The number of pyridine rings is 2. The molecule has 0 unspecified atom stereocenters. The molecule has 5 aromatic rings. The highest BCUT2D eigenvalue weighted by molar-refractivity contribution is 6.34. The van der Waals surface area contributed by atoms with Crippen LogP contribution in [0.3, 0.4) is 0 Å². The Labute approximate surface area is 215 Å². The molecule has 1 aliphatic heterocycles. The van der Waals surface area contributed by atoms with Crippen molar-refractivity contribution in [3.8, 4) is 11.6 Å². The van der Waals surface area contributed by atoms with Gasteiger partial charge in [-0.2, -0.15) is 0 Å². The lowest BCUT2D eigenvalue weighted by molar-refractivity contribution is 0.302. The van der Waals surface area contributed by atoms with Crippen LogP contribution in [-0.4, -0.2) is 29.7 Å². The van der Waals surface area contributed by atoms with E-state index in [9.17, 15) is 4.79 Å². The zero-order valence-electron chi connectivity index (χ0n) is 20.1. The highest BCUT2D eigenvalue weighted by atomic mass is 35.5. The normalized spacial score (nSPS) is 16.2. The van der Waals surface area contributed by atoms with E-state index in [0.717, 1.165) is 63.8 Å². The molecule has 2 aliphatic rings. The molecule has 37 heavy (non-hydrogen) atoms. The number of imidazole rings is 1. The van der Waals surface area contributed by atoms with E-state index in [1.54, 1.807) is 12.3 Å². The molecule has 1 N–H and O–H groups in total. The Bertz CT molecular complexity index is 1810. The summed E-state index contributed by atoms with van der Waals surface area (Å²) in [6.07, 6.45) is 3.84. The van der Waals surface area contributed by atoms with E-state index in [0.29, 0.717) is 27.9 Å². The molecule has 0 saturated heterocycles. The van der Waals surface area contributed by atoms with Crippen LogP contribution < -0.4 is 10.5 Å². The van der Waals surface area contributed by atoms with Crippen molar-refractivity contribution in [3.63, 3.8) is 0 Å². The van der Waals surface area contributed by atoms with Crippen LogP contribution in [0.15, 0.2) is 51.9 Å². The van der Waals surface area contributed by atoms with E-state index in [2.05, 4.69) is 15.1 Å². The van der Waals surface area contributed by atoms with E-state index >= 15 is 0 Å². The third-order valence-corrected chi connectivity index (χ3v) is 7.22. The number of aryl methyl sites for hydroxylation is 1. The molecule has 0 radical (unpaired) electrons. The lowest BCUT2D eigenvalue weighted by Gasteiger charge is -2.17. The highest BCUT2D eigenvalue weighted by Crippen LogP contribution is 2.44. The second-order valence-corrected chi connectivity index (χ2v) is 9.80. The molecule has 0 atom stereocenters. The van der Waals surface area contributed by atoms with Gasteiger partial charge in [0.1, 0.15) is 29.5 Å². The molecule has 10 heteroatoms. The molecular formula is C27H21ClN6O3. The number of aromatic amines is 1. The first kappa shape index (κ1) is 22.0. The SMILES string of the molecule is CC(=C1c2ccccc2OCc2nc(-n3c(C4CC4)nc4c(Cl)ccnc43)cc(C)c21)c1noc(=O)[nH]1. The lowest BCUT2D eigenvalue weighted by Crippen LogP contribution is -2.10. The number of halogens is 1. The molecule has 0 amide bonds. The second-order valence-electron chi connectivity index (χ2n) is 9.39. The molecule has 5 heterocycles. The van der Waals surface area contributed by atoms with Crippen molar-refractivity contribution in [2.45, 2.75) is 39.2 Å². The van der Waals surface area contributed by atoms with Crippen molar-refractivity contribution >= 4 is 33.9 Å². The van der Waals surface area contributed by atoms with Gasteiger partial charge in [-0.3, -0.25) is 14.1 Å². The molecule has 7 rings (SSSR count). The number of H-pyrrole nitrogens is 1. The molecule has 4 aromatic heterocycles. The Balaban J connectivity index is 1.50. The van der Waals surface area contributed by atoms with Gasteiger partial charge in [-0.05, 0) is 50.5 Å². The number of aromatic nitrogens is 6. The fourth-order valence-electron chi connectivity index (χ4n) is 5.06. The van der Waals surface area contributed by atoms with Crippen molar-refractivity contribution in [1.29, 1.82) is 0 Å².